The van der Waals surface area contributed by atoms with Crippen molar-refractivity contribution in [1.29, 1.82) is 0 Å². The minimum atomic E-state index is -0.295. The Balaban J connectivity index is 1.15. The first kappa shape index (κ1) is 38.4. The van der Waals surface area contributed by atoms with Crippen molar-refractivity contribution < 1.29 is 0 Å². The molecule has 0 saturated carbocycles. The fourth-order valence-electron chi connectivity index (χ4n) is 10.7. The monoisotopic (exact) mass is 827 g/mol. The molecule has 11 aromatic rings. The largest absolute Gasteiger partial charge is 0.310 e. The van der Waals surface area contributed by atoms with Gasteiger partial charge >= 0.3 is 0 Å². The van der Waals surface area contributed by atoms with Crippen LogP contribution < -0.4 is 4.90 Å². The molecule has 0 saturated heterocycles. The maximum absolute atomic E-state index is 2.48. The molecule has 1 heteroatoms. The molecule has 0 N–H and O–H groups in total. The highest BCUT2D eigenvalue weighted by Crippen LogP contribution is 2.54. The van der Waals surface area contributed by atoms with Gasteiger partial charge in [-0.2, -0.15) is 0 Å². The summed E-state index contributed by atoms with van der Waals surface area (Å²) in [5.74, 6) is 0. The Morgan fingerprint density at radius 3 is 1.35 bits per heavy atom. The Morgan fingerprint density at radius 1 is 0.277 bits per heavy atom. The van der Waals surface area contributed by atoms with Gasteiger partial charge in [-0.1, -0.05) is 218 Å². The Hall–Kier alpha value is -8.26. The van der Waals surface area contributed by atoms with Crippen LogP contribution in [0.15, 0.2) is 255 Å². The predicted octanol–water partition coefficient (Wildman–Crippen LogP) is 17.5. The van der Waals surface area contributed by atoms with Crippen LogP contribution in [-0.2, 0) is 5.41 Å². The Morgan fingerprint density at radius 2 is 0.708 bits per heavy atom. The third kappa shape index (κ3) is 6.39. The van der Waals surface area contributed by atoms with Crippen LogP contribution in [-0.4, -0.2) is 0 Å². The number of hydrogen-bond acceptors (Lipinski definition) is 1. The molecule has 1 aliphatic rings. The molecular formula is C64H45N. The van der Waals surface area contributed by atoms with Crippen molar-refractivity contribution in [3.05, 3.63) is 271 Å². The van der Waals surface area contributed by atoms with E-state index in [1.54, 1.807) is 0 Å². The Bertz CT molecular complexity index is 3530. The topological polar surface area (TPSA) is 3.24 Å². The van der Waals surface area contributed by atoms with Crippen molar-refractivity contribution in [2.75, 3.05) is 4.90 Å². The van der Waals surface area contributed by atoms with Crippen molar-refractivity contribution in [1.82, 2.24) is 0 Å². The second-order valence-electron chi connectivity index (χ2n) is 17.3. The van der Waals surface area contributed by atoms with E-state index in [-0.39, 0.29) is 5.41 Å². The van der Waals surface area contributed by atoms with Crippen LogP contribution in [0, 0.1) is 0 Å². The molecule has 11 aromatic carbocycles. The SMILES string of the molecule is CC1(c2ccccc2)c2ccccc2-c2cc(N(c3ccc(-c4ccccc4)c(-c4ccccc4)c3)c3ccc4c(c3)c(-c3ccccc3)c(-c3ccccc3)c3ccccc34)ccc21. The molecule has 1 aliphatic carbocycles. The second-order valence-corrected chi connectivity index (χ2v) is 17.3. The van der Waals surface area contributed by atoms with E-state index in [0.29, 0.717) is 0 Å². The van der Waals surface area contributed by atoms with Crippen molar-refractivity contribution in [3.63, 3.8) is 0 Å². The van der Waals surface area contributed by atoms with E-state index in [1.807, 2.05) is 0 Å². The molecule has 306 valence electrons. The minimum Gasteiger partial charge on any atom is -0.310 e. The van der Waals surface area contributed by atoms with Crippen LogP contribution in [0.5, 0.6) is 0 Å². The maximum atomic E-state index is 2.48. The molecule has 0 amide bonds. The molecule has 0 bridgehead atoms. The quantitative estimate of drug-likeness (QED) is 0.138. The molecule has 0 spiro atoms. The Kier molecular flexibility index (Phi) is 9.35. The molecule has 1 nitrogen and oxygen atoms in total. The molecule has 0 heterocycles. The Labute approximate surface area is 381 Å². The summed E-state index contributed by atoms with van der Waals surface area (Å²) in [6.45, 7) is 2.39. The van der Waals surface area contributed by atoms with Gasteiger partial charge in [0.25, 0.3) is 0 Å². The lowest BCUT2D eigenvalue weighted by Crippen LogP contribution is -2.22. The summed E-state index contributed by atoms with van der Waals surface area (Å²) in [5, 5.41) is 4.93. The van der Waals surface area contributed by atoms with Crippen molar-refractivity contribution in [2.24, 2.45) is 0 Å². The summed E-state index contributed by atoms with van der Waals surface area (Å²) in [6, 6.07) is 93.7. The van der Waals surface area contributed by atoms with Crippen LogP contribution in [0.25, 0.3) is 77.2 Å². The van der Waals surface area contributed by atoms with Gasteiger partial charge in [-0.25, -0.2) is 0 Å². The molecule has 65 heavy (non-hydrogen) atoms. The first-order valence-electron chi connectivity index (χ1n) is 22.6. The van der Waals surface area contributed by atoms with Crippen LogP contribution in [0.3, 0.4) is 0 Å². The molecule has 0 aromatic heterocycles. The zero-order valence-corrected chi connectivity index (χ0v) is 36.2. The van der Waals surface area contributed by atoms with Gasteiger partial charge in [-0.15, -0.1) is 0 Å². The molecular weight excluding hydrogens is 783 g/mol. The third-order valence-electron chi connectivity index (χ3n) is 13.7. The molecule has 12 rings (SSSR count). The van der Waals surface area contributed by atoms with Gasteiger partial charge < -0.3 is 4.90 Å². The molecule has 0 radical (unpaired) electrons. The van der Waals surface area contributed by atoms with E-state index < -0.39 is 0 Å². The standard InChI is InChI=1S/C64H45N/c1-64(48-29-15-6-16-30-48)60-34-20-19-32-55(60)58-42-51(37-40-61(58)64)65(49-35-38-52(44-21-7-2-8-22-44)57(41-49)45-23-9-3-10-24-45)50-36-39-54-53-31-17-18-33-56(53)62(46-25-11-4-12-26-46)63(59(54)43-50)47-27-13-5-14-28-47/h2-43H,1H3. The smallest absolute Gasteiger partial charge is 0.0468 e. The highest BCUT2D eigenvalue weighted by molar-refractivity contribution is 6.22. The number of benzene rings is 11. The first-order chi connectivity index (χ1) is 32.1. The third-order valence-corrected chi connectivity index (χ3v) is 13.7. The van der Waals surface area contributed by atoms with Gasteiger partial charge in [-0.3, -0.25) is 0 Å². The van der Waals surface area contributed by atoms with Crippen LogP contribution in [0.2, 0.25) is 0 Å². The average Bonchev–Trinajstić information content (AvgIpc) is 3.65. The van der Waals surface area contributed by atoms with Gasteiger partial charge in [0.15, 0.2) is 0 Å². The summed E-state index contributed by atoms with van der Waals surface area (Å²) >= 11 is 0. The summed E-state index contributed by atoms with van der Waals surface area (Å²) in [4.78, 5) is 2.48. The zero-order chi connectivity index (χ0) is 43.3. The number of fused-ring (bicyclic) bond motifs is 6. The normalized spacial score (nSPS) is 14.0. The van der Waals surface area contributed by atoms with Gasteiger partial charge in [-0.05, 0) is 137 Å². The molecule has 1 atom stereocenters. The first-order valence-corrected chi connectivity index (χ1v) is 22.6. The molecule has 0 aliphatic heterocycles. The number of rotatable bonds is 8. The van der Waals surface area contributed by atoms with Gasteiger partial charge in [0.1, 0.15) is 0 Å². The number of nitrogens with zero attached hydrogens (tertiary/aromatic N) is 1. The number of anilines is 3. The van der Waals surface area contributed by atoms with Crippen molar-refractivity contribution in [3.8, 4) is 55.6 Å². The van der Waals surface area contributed by atoms with Gasteiger partial charge in [0, 0.05) is 22.5 Å². The fraction of sp³-hybridized carbons (Fsp3) is 0.0312. The highest BCUT2D eigenvalue weighted by atomic mass is 15.1. The lowest BCUT2D eigenvalue weighted by Gasteiger charge is -2.30. The minimum absolute atomic E-state index is 0.295. The summed E-state index contributed by atoms with van der Waals surface area (Å²) in [7, 11) is 0. The van der Waals surface area contributed by atoms with Gasteiger partial charge in [0.2, 0.25) is 0 Å². The maximum Gasteiger partial charge on any atom is 0.0468 e. The van der Waals surface area contributed by atoms with E-state index in [2.05, 4.69) is 267 Å². The van der Waals surface area contributed by atoms with Crippen LogP contribution >= 0.6 is 0 Å². The van der Waals surface area contributed by atoms with Gasteiger partial charge in [0.05, 0.1) is 0 Å². The molecule has 0 fully saturated rings. The van der Waals surface area contributed by atoms with E-state index in [1.165, 1.54) is 93.9 Å². The second kappa shape index (κ2) is 15.8. The lowest BCUT2D eigenvalue weighted by atomic mass is 9.74. The van der Waals surface area contributed by atoms with Crippen molar-refractivity contribution >= 4 is 38.6 Å². The summed E-state index contributed by atoms with van der Waals surface area (Å²) < 4.78 is 0. The van der Waals surface area contributed by atoms with E-state index in [4.69, 9.17) is 0 Å². The lowest BCUT2D eigenvalue weighted by molar-refractivity contribution is 0.714. The summed E-state index contributed by atoms with van der Waals surface area (Å²) in [6.07, 6.45) is 0. The predicted molar refractivity (Wildman–Crippen MR) is 275 cm³/mol. The van der Waals surface area contributed by atoms with Crippen molar-refractivity contribution in [2.45, 2.75) is 12.3 Å². The highest BCUT2D eigenvalue weighted by Gasteiger charge is 2.41. The van der Waals surface area contributed by atoms with E-state index in [0.717, 1.165) is 17.1 Å². The van der Waals surface area contributed by atoms with Crippen LogP contribution in [0.1, 0.15) is 23.6 Å². The summed E-state index contributed by atoms with van der Waals surface area (Å²) in [5.41, 5.74) is 19.1. The van der Waals surface area contributed by atoms with E-state index in [9.17, 15) is 0 Å². The average molecular weight is 828 g/mol. The van der Waals surface area contributed by atoms with E-state index >= 15 is 0 Å². The fourth-order valence-corrected chi connectivity index (χ4v) is 10.7. The number of hydrogen-bond donors (Lipinski definition) is 0. The van der Waals surface area contributed by atoms with Crippen LogP contribution in [0.4, 0.5) is 17.1 Å². The molecule has 1 unspecified atom stereocenters. The zero-order valence-electron chi connectivity index (χ0n) is 36.2.